The second-order valence-electron chi connectivity index (χ2n) is 5.40. The van der Waals surface area contributed by atoms with Gasteiger partial charge < -0.3 is 15.0 Å². The van der Waals surface area contributed by atoms with Crippen molar-refractivity contribution in [2.45, 2.75) is 38.3 Å². The van der Waals surface area contributed by atoms with Crippen molar-refractivity contribution in [1.82, 2.24) is 20.5 Å². The Labute approximate surface area is 107 Å². The molecule has 2 N–H and O–H groups in total. The van der Waals surface area contributed by atoms with E-state index in [1.54, 1.807) is 0 Å². The van der Waals surface area contributed by atoms with Gasteiger partial charge in [-0.1, -0.05) is 0 Å². The highest BCUT2D eigenvalue weighted by molar-refractivity contribution is 5.30. The maximum absolute atomic E-state index is 5.58. The van der Waals surface area contributed by atoms with Crippen molar-refractivity contribution < 1.29 is 4.74 Å². The highest BCUT2D eigenvalue weighted by atomic mass is 16.5. The fraction of sp³-hybridized carbons (Fsp3) is 0.833. The zero-order valence-corrected chi connectivity index (χ0v) is 11.0. The SMILES string of the molecule is CC1CN(c2n[nH]c(C3COC(C)C3)n2)CCN1. The quantitative estimate of drug-likeness (QED) is 0.801. The molecule has 2 aliphatic rings. The molecule has 2 aliphatic heterocycles. The molecule has 3 rings (SSSR count). The summed E-state index contributed by atoms with van der Waals surface area (Å²) in [6.07, 6.45) is 1.37. The highest BCUT2D eigenvalue weighted by Crippen LogP contribution is 2.27. The molecule has 3 atom stereocenters. The van der Waals surface area contributed by atoms with Crippen LogP contribution in [0, 0.1) is 0 Å². The molecular weight excluding hydrogens is 230 g/mol. The van der Waals surface area contributed by atoms with Crippen molar-refractivity contribution in [2.24, 2.45) is 0 Å². The highest BCUT2D eigenvalue weighted by Gasteiger charge is 2.27. The van der Waals surface area contributed by atoms with Gasteiger partial charge in [-0.15, -0.1) is 5.10 Å². The van der Waals surface area contributed by atoms with E-state index in [0.29, 0.717) is 18.1 Å². The van der Waals surface area contributed by atoms with Gasteiger partial charge in [0.2, 0.25) is 5.95 Å². The molecule has 100 valence electrons. The lowest BCUT2D eigenvalue weighted by molar-refractivity contribution is 0.123. The normalized spacial score (nSPS) is 33.0. The van der Waals surface area contributed by atoms with Crippen LogP contribution in [0.2, 0.25) is 0 Å². The van der Waals surface area contributed by atoms with Crippen molar-refractivity contribution in [3.8, 4) is 0 Å². The van der Waals surface area contributed by atoms with Crippen molar-refractivity contribution in [2.75, 3.05) is 31.1 Å². The largest absolute Gasteiger partial charge is 0.378 e. The van der Waals surface area contributed by atoms with Gasteiger partial charge in [0, 0.05) is 31.6 Å². The van der Waals surface area contributed by atoms with E-state index >= 15 is 0 Å². The Balaban J connectivity index is 1.69. The topological polar surface area (TPSA) is 66.1 Å². The van der Waals surface area contributed by atoms with E-state index in [1.165, 1.54) is 0 Å². The molecule has 6 nitrogen and oxygen atoms in total. The summed E-state index contributed by atoms with van der Waals surface area (Å²) in [5.41, 5.74) is 0. The minimum atomic E-state index is 0.336. The smallest absolute Gasteiger partial charge is 0.244 e. The lowest BCUT2D eigenvalue weighted by Crippen LogP contribution is -2.49. The van der Waals surface area contributed by atoms with Crippen LogP contribution in [0.3, 0.4) is 0 Å². The molecule has 0 amide bonds. The molecule has 6 heteroatoms. The van der Waals surface area contributed by atoms with Gasteiger partial charge in [-0.05, 0) is 20.3 Å². The third-order valence-corrected chi connectivity index (χ3v) is 3.73. The molecule has 3 unspecified atom stereocenters. The van der Waals surface area contributed by atoms with Gasteiger partial charge >= 0.3 is 0 Å². The van der Waals surface area contributed by atoms with Crippen molar-refractivity contribution in [3.63, 3.8) is 0 Å². The van der Waals surface area contributed by atoms with E-state index in [0.717, 1.165) is 44.4 Å². The summed E-state index contributed by atoms with van der Waals surface area (Å²) < 4.78 is 5.58. The van der Waals surface area contributed by atoms with Gasteiger partial charge in [0.1, 0.15) is 5.82 Å². The lowest BCUT2D eigenvalue weighted by atomic mass is 10.1. The van der Waals surface area contributed by atoms with Crippen LogP contribution < -0.4 is 10.2 Å². The Kier molecular flexibility index (Phi) is 3.22. The minimum Gasteiger partial charge on any atom is -0.378 e. The number of H-pyrrole nitrogens is 1. The maximum Gasteiger partial charge on any atom is 0.244 e. The molecule has 0 aliphatic carbocycles. The molecule has 0 radical (unpaired) electrons. The molecule has 1 aromatic heterocycles. The second kappa shape index (κ2) is 4.85. The molecule has 0 spiro atoms. The lowest BCUT2D eigenvalue weighted by Gasteiger charge is -2.30. The van der Waals surface area contributed by atoms with Crippen LogP contribution in [0.15, 0.2) is 0 Å². The predicted octanol–water partition coefficient (Wildman–Crippen LogP) is 0.495. The van der Waals surface area contributed by atoms with Crippen LogP contribution in [0.25, 0.3) is 0 Å². The Morgan fingerprint density at radius 2 is 2.28 bits per heavy atom. The summed E-state index contributed by atoms with van der Waals surface area (Å²) in [5, 5.41) is 10.8. The fourth-order valence-corrected chi connectivity index (χ4v) is 2.71. The second-order valence-corrected chi connectivity index (χ2v) is 5.40. The van der Waals surface area contributed by atoms with Crippen LogP contribution in [0.1, 0.15) is 32.0 Å². The number of piperazine rings is 1. The molecule has 2 saturated heterocycles. The van der Waals surface area contributed by atoms with Crippen LogP contribution >= 0.6 is 0 Å². The molecule has 2 fully saturated rings. The molecule has 18 heavy (non-hydrogen) atoms. The van der Waals surface area contributed by atoms with Crippen LogP contribution in [0.4, 0.5) is 5.95 Å². The first-order valence-corrected chi connectivity index (χ1v) is 6.74. The zero-order valence-electron chi connectivity index (χ0n) is 11.0. The molecule has 1 aromatic rings. The summed E-state index contributed by atoms with van der Waals surface area (Å²) in [7, 11) is 0. The monoisotopic (exact) mass is 251 g/mol. The van der Waals surface area contributed by atoms with Gasteiger partial charge in [0.15, 0.2) is 0 Å². The first-order chi connectivity index (χ1) is 8.72. The van der Waals surface area contributed by atoms with Gasteiger partial charge in [0.05, 0.1) is 12.7 Å². The summed E-state index contributed by atoms with van der Waals surface area (Å²) >= 11 is 0. The Morgan fingerprint density at radius 3 is 3.00 bits per heavy atom. The molecule has 0 bridgehead atoms. The van der Waals surface area contributed by atoms with E-state index in [1.807, 2.05) is 0 Å². The van der Waals surface area contributed by atoms with E-state index in [9.17, 15) is 0 Å². The molecular formula is C12H21N5O. The number of ether oxygens (including phenoxy) is 1. The molecule has 3 heterocycles. The third-order valence-electron chi connectivity index (χ3n) is 3.73. The summed E-state index contributed by atoms with van der Waals surface area (Å²) in [6.45, 7) is 7.98. The number of aromatic amines is 1. The van der Waals surface area contributed by atoms with E-state index in [-0.39, 0.29) is 0 Å². The zero-order chi connectivity index (χ0) is 12.5. The number of aromatic nitrogens is 3. The van der Waals surface area contributed by atoms with Crippen molar-refractivity contribution >= 4 is 5.95 Å². The summed E-state index contributed by atoms with van der Waals surface area (Å²) in [4.78, 5) is 6.87. The average molecular weight is 251 g/mol. The standard InChI is InChI=1S/C12H21N5O/c1-8-6-17(4-3-13-8)12-14-11(15-16-12)10-5-9(2)18-7-10/h8-10,13H,3-7H2,1-2H3,(H,14,15,16). The van der Waals surface area contributed by atoms with Crippen molar-refractivity contribution in [1.29, 1.82) is 0 Å². The first-order valence-electron chi connectivity index (χ1n) is 6.74. The van der Waals surface area contributed by atoms with E-state index in [4.69, 9.17) is 4.74 Å². The minimum absolute atomic E-state index is 0.336. The van der Waals surface area contributed by atoms with E-state index in [2.05, 4.69) is 39.2 Å². The number of hydrogen-bond donors (Lipinski definition) is 2. The number of hydrogen-bond acceptors (Lipinski definition) is 5. The Bertz CT molecular complexity index is 407. The molecule has 0 aromatic carbocycles. The number of anilines is 1. The van der Waals surface area contributed by atoms with Crippen molar-refractivity contribution in [3.05, 3.63) is 5.82 Å². The van der Waals surface area contributed by atoms with Crippen LogP contribution in [-0.2, 0) is 4.74 Å². The average Bonchev–Trinajstić information content (AvgIpc) is 2.97. The number of nitrogens with one attached hydrogen (secondary N) is 2. The van der Waals surface area contributed by atoms with Gasteiger partial charge in [-0.3, -0.25) is 5.10 Å². The van der Waals surface area contributed by atoms with Crippen LogP contribution in [0.5, 0.6) is 0 Å². The number of nitrogens with zero attached hydrogens (tertiary/aromatic N) is 3. The van der Waals surface area contributed by atoms with Crippen LogP contribution in [-0.4, -0.2) is 53.6 Å². The van der Waals surface area contributed by atoms with E-state index < -0.39 is 0 Å². The summed E-state index contributed by atoms with van der Waals surface area (Å²) in [5.74, 6) is 2.18. The Hall–Kier alpha value is -1.14. The first kappa shape index (κ1) is 11.9. The summed E-state index contributed by atoms with van der Waals surface area (Å²) in [6, 6.07) is 0.496. The molecule has 0 saturated carbocycles. The Morgan fingerprint density at radius 1 is 1.39 bits per heavy atom. The predicted molar refractivity (Wildman–Crippen MR) is 68.8 cm³/mol. The van der Waals surface area contributed by atoms with Gasteiger partial charge in [0.25, 0.3) is 0 Å². The van der Waals surface area contributed by atoms with Gasteiger partial charge in [-0.25, -0.2) is 0 Å². The van der Waals surface area contributed by atoms with Gasteiger partial charge in [-0.2, -0.15) is 4.98 Å². The number of rotatable bonds is 2. The third kappa shape index (κ3) is 2.35. The maximum atomic E-state index is 5.58. The fourth-order valence-electron chi connectivity index (χ4n) is 2.71.